The second kappa shape index (κ2) is 2.94. The highest BCUT2D eigenvalue weighted by Crippen LogP contribution is 2.05. The first-order valence-electron chi connectivity index (χ1n) is 3.28. The maximum atomic E-state index is 8.62. The van der Waals surface area contributed by atoms with E-state index in [1.54, 1.807) is 4.57 Å². The Labute approximate surface area is 66.1 Å². The Balaban J connectivity index is 3.07. The molecule has 0 bridgehead atoms. The standard InChI is InChI=1S/C9H8N2/c1-3-4-11-7-8(2)5-9(11)6-10/h1,5,7H,4H2,2H3. The van der Waals surface area contributed by atoms with Crippen molar-refractivity contribution >= 4 is 0 Å². The quantitative estimate of drug-likeness (QED) is 0.546. The Morgan fingerprint density at radius 2 is 2.45 bits per heavy atom. The van der Waals surface area contributed by atoms with Crippen LogP contribution >= 0.6 is 0 Å². The van der Waals surface area contributed by atoms with Crippen molar-refractivity contribution in [1.82, 2.24) is 4.57 Å². The van der Waals surface area contributed by atoms with Crippen LogP contribution in [0.1, 0.15) is 11.3 Å². The lowest BCUT2D eigenvalue weighted by Crippen LogP contribution is -1.95. The van der Waals surface area contributed by atoms with Crippen molar-refractivity contribution < 1.29 is 0 Å². The van der Waals surface area contributed by atoms with Crippen molar-refractivity contribution in [2.75, 3.05) is 0 Å². The predicted octanol–water partition coefficient (Wildman–Crippen LogP) is 1.30. The summed E-state index contributed by atoms with van der Waals surface area (Å²) in [4.78, 5) is 0. The van der Waals surface area contributed by atoms with Gasteiger partial charge in [-0.05, 0) is 18.6 Å². The second-order valence-corrected chi connectivity index (χ2v) is 2.35. The zero-order valence-electron chi connectivity index (χ0n) is 6.33. The number of aryl methyl sites for hydroxylation is 1. The number of rotatable bonds is 1. The molecule has 0 saturated heterocycles. The average Bonchev–Trinajstić information content (AvgIpc) is 2.32. The van der Waals surface area contributed by atoms with Crippen molar-refractivity contribution in [3.05, 3.63) is 23.5 Å². The summed E-state index contributed by atoms with van der Waals surface area (Å²) in [6, 6.07) is 3.89. The first kappa shape index (κ1) is 7.44. The molecule has 1 aromatic heterocycles. The fourth-order valence-electron chi connectivity index (χ4n) is 0.977. The Hall–Kier alpha value is -1.67. The fraction of sp³-hybridized carbons (Fsp3) is 0.222. The van der Waals surface area contributed by atoms with Gasteiger partial charge in [-0.3, -0.25) is 0 Å². The lowest BCUT2D eigenvalue weighted by Gasteiger charge is -1.94. The third-order valence-corrected chi connectivity index (χ3v) is 1.41. The zero-order chi connectivity index (χ0) is 8.27. The lowest BCUT2D eigenvalue weighted by molar-refractivity contribution is 0.834. The molecule has 0 atom stereocenters. The van der Waals surface area contributed by atoms with E-state index in [4.69, 9.17) is 11.7 Å². The number of nitriles is 1. The molecule has 0 N–H and O–H groups in total. The van der Waals surface area contributed by atoms with Crippen molar-refractivity contribution in [2.45, 2.75) is 13.5 Å². The van der Waals surface area contributed by atoms with Gasteiger partial charge in [-0.15, -0.1) is 6.42 Å². The monoisotopic (exact) mass is 144 g/mol. The zero-order valence-corrected chi connectivity index (χ0v) is 6.33. The molecule has 0 aliphatic heterocycles. The molecule has 0 spiro atoms. The van der Waals surface area contributed by atoms with Crippen molar-refractivity contribution in [2.24, 2.45) is 0 Å². The number of aromatic nitrogens is 1. The van der Waals surface area contributed by atoms with Crippen LogP contribution in [0.2, 0.25) is 0 Å². The molecule has 0 aliphatic carbocycles. The van der Waals surface area contributed by atoms with Gasteiger partial charge in [0.2, 0.25) is 0 Å². The van der Waals surface area contributed by atoms with Gasteiger partial charge in [0.25, 0.3) is 0 Å². The minimum absolute atomic E-state index is 0.469. The summed E-state index contributed by atoms with van der Waals surface area (Å²) in [6.45, 7) is 2.41. The molecular formula is C9H8N2. The molecule has 1 rings (SSSR count). The number of hydrogen-bond acceptors (Lipinski definition) is 1. The van der Waals surface area contributed by atoms with E-state index in [1.165, 1.54) is 0 Å². The highest BCUT2D eigenvalue weighted by atomic mass is 15.0. The summed E-state index contributed by atoms with van der Waals surface area (Å²) in [7, 11) is 0. The number of hydrogen-bond donors (Lipinski definition) is 0. The van der Waals surface area contributed by atoms with Crippen molar-refractivity contribution in [3.8, 4) is 18.4 Å². The fourth-order valence-corrected chi connectivity index (χ4v) is 0.977. The van der Waals surface area contributed by atoms with Gasteiger partial charge in [0, 0.05) is 6.20 Å². The van der Waals surface area contributed by atoms with Gasteiger partial charge >= 0.3 is 0 Å². The first-order chi connectivity index (χ1) is 5.27. The Morgan fingerprint density at radius 1 is 1.73 bits per heavy atom. The molecular weight excluding hydrogens is 136 g/mol. The highest BCUT2D eigenvalue weighted by molar-refractivity contribution is 5.28. The predicted molar refractivity (Wildman–Crippen MR) is 42.7 cm³/mol. The normalized spacial score (nSPS) is 8.64. The van der Waals surface area contributed by atoms with Crippen LogP contribution in [-0.2, 0) is 6.54 Å². The minimum Gasteiger partial charge on any atom is -0.328 e. The molecule has 0 aromatic carbocycles. The van der Waals surface area contributed by atoms with Crippen LogP contribution in [0.15, 0.2) is 12.3 Å². The van der Waals surface area contributed by atoms with Crippen LogP contribution in [-0.4, -0.2) is 4.57 Å². The summed E-state index contributed by atoms with van der Waals surface area (Å²) in [5.41, 5.74) is 1.69. The minimum atomic E-state index is 0.469. The third-order valence-electron chi connectivity index (χ3n) is 1.41. The molecule has 54 valence electrons. The molecule has 0 saturated carbocycles. The summed E-state index contributed by atoms with van der Waals surface area (Å²) in [5.74, 6) is 2.48. The maximum absolute atomic E-state index is 8.62. The Bertz CT molecular complexity index is 333. The SMILES string of the molecule is C#CCn1cc(C)cc1C#N. The lowest BCUT2D eigenvalue weighted by atomic mass is 10.3. The molecule has 0 fully saturated rings. The van der Waals surface area contributed by atoms with Crippen LogP contribution in [0.4, 0.5) is 0 Å². The van der Waals surface area contributed by atoms with E-state index in [-0.39, 0.29) is 0 Å². The summed E-state index contributed by atoms with van der Waals surface area (Å²) < 4.78 is 1.76. The molecule has 2 nitrogen and oxygen atoms in total. The molecule has 0 unspecified atom stereocenters. The maximum Gasteiger partial charge on any atom is 0.121 e. The van der Waals surface area contributed by atoms with Crippen LogP contribution < -0.4 is 0 Å². The van der Waals surface area contributed by atoms with E-state index in [2.05, 4.69) is 12.0 Å². The molecule has 1 heterocycles. The van der Waals surface area contributed by atoms with Crippen molar-refractivity contribution in [3.63, 3.8) is 0 Å². The van der Waals surface area contributed by atoms with E-state index in [0.29, 0.717) is 12.2 Å². The van der Waals surface area contributed by atoms with Crippen LogP contribution in [0.3, 0.4) is 0 Å². The average molecular weight is 144 g/mol. The van der Waals surface area contributed by atoms with E-state index in [1.807, 2.05) is 19.2 Å². The number of terminal acetylenes is 1. The molecule has 0 radical (unpaired) electrons. The molecule has 0 amide bonds. The smallest absolute Gasteiger partial charge is 0.121 e. The van der Waals surface area contributed by atoms with Crippen LogP contribution in [0.5, 0.6) is 0 Å². The van der Waals surface area contributed by atoms with E-state index < -0.39 is 0 Å². The van der Waals surface area contributed by atoms with E-state index in [0.717, 1.165) is 5.56 Å². The summed E-state index contributed by atoms with van der Waals surface area (Å²) >= 11 is 0. The van der Waals surface area contributed by atoms with Crippen molar-refractivity contribution in [1.29, 1.82) is 5.26 Å². The van der Waals surface area contributed by atoms with Gasteiger partial charge < -0.3 is 4.57 Å². The second-order valence-electron chi connectivity index (χ2n) is 2.35. The Kier molecular flexibility index (Phi) is 1.99. The summed E-state index contributed by atoms with van der Waals surface area (Å²) in [5, 5.41) is 8.62. The van der Waals surface area contributed by atoms with E-state index >= 15 is 0 Å². The highest BCUT2D eigenvalue weighted by Gasteiger charge is 1.99. The molecule has 11 heavy (non-hydrogen) atoms. The first-order valence-corrected chi connectivity index (χ1v) is 3.28. The van der Waals surface area contributed by atoms with Gasteiger partial charge in [0.15, 0.2) is 0 Å². The Morgan fingerprint density at radius 3 is 3.00 bits per heavy atom. The number of nitrogens with zero attached hydrogens (tertiary/aromatic N) is 2. The summed E-state index contributed by atoms with van der Waals surface area (Å²) in [6.07, 6.45) is 6.99. The molecule has 1 aromatic rings. The van der Waals surface area contributed by atoms with Crippen LogP contribution in [0, 0.1) is 30.6 Å². The topological polar surface area (TPSA) is 28.7 Å². The largest absolute Gasteiger partial charge is 0.328 e. The molecule has 2 heteroatoms. The van der Waals surface area contributed by atoms with Crippen LogP contribution in [0.25, 0.3) is 0 Å². The van der Waals surface area contributed by atoms with E-state index in [9.17, 15) is 0 Å². The van der Waals surface area contributed by atoms with Gasteiger partial charge in [0.05, 0.1) is 6.54 Å². The van der Waals surface area contributed by atoms with Gasteiger partial charge in [-0.2, -0.15) is 5.26 Å². The van der Waals surface area contributed by atoms with Gasteiger partial charge in [-0.25, -0.2) is 0 Å². The molecule has 0 aliphatic rings. The third kappa shape index (κ3) is 1.42. The van der Waals surface area contributed by atoms with Gasteiger partial charge in [-0.1, -0.05) is 5.92 Å². The van der Waals surface area contributed by atoms with Gasteiger partial charge in [0.1, 0.15) is 11.8 Å².